The number of nitrogens with one attached hydrogen (secondary N) is 1. The summed E-state index contributed by atoms with van der Waals surface area (Å²) >= 11 is 12.0. The van der Waals surface area contributed by atoms with E-state index < -0.39 is 5.91 Å². The van der Waals surface area contributed by atoms with Crippen LogP contribution in [0.4, 0.5) is 5.69 Å². The zero-order valence-electron chi connectivity index (χ0n) is 13.4. The van der Waals surface area contributed by atoms with Crippen molar-refractivity contribution in [3.05, 3.63) is 82.0 Å². The summed E-state index contributed by atoms with van der Waals surface area (Å²) in [4.78, 5) is 12.3. The van der Waals surface area contributed by atoms with Crippen LogP contribution in [0.2, 0.25) is 10.0 Å². The fourth-order valence-electron chi connectivity index (χ4n) is 2.27. The van der Waals surface area contributed by atoms with Gasteiger partial charge >= 0.3 is 0 Å². The number of furan rings is 1. The number of nitriles is 1. The topological polar surface area (TPSA) is 66.0 Å². The molecule has 1 heterocycles. The lowest BCUT2D eigenvalue weighted by Crippen LogP contribution is -2.13. The first kappa shape index (κ1) is 17.8. The maximum Gasteiger partial charge on any atom is 0.266 e. The average molecular weight is 383 g/mol. The molecule has 0 saturated carbocycles. The molecular weight excluding hydrogens is 371 g/mol. The zero-order chi connectivity index (χ0) is 18.5. The number of hydrogen-bond donors (Lipinski definition) is 1. The average Bonchev–Trinajstić information content (AvgIpc) is 3.13. The van der Waals surface area contributed by atoms with Crippen LogP contribution in [0.5, 0.6) is 0 Å². The molecule has 0 unspecified atom stereocenters. The lowest BCUT2D eigenvalue weighted by molar-refractivity contribution is -0.112. The van der Waals surface area contributed by atoms with Gasteiger partial charge in [-0.1, -0.05) is 59.6 Å². The normalized spacial score (nSPS) is 11.0. The Labute approximate surface area is 160 Å². The van der Waals surface area contributed by atoms with E-state index in [0.29, 0.717) is 22.2 Å². The van der Waals surface area contributed by atoms with Gasteiger partial charge in [0.15, 0.2) is 0 Å². The fraction of sp³-hybridized carbons (Fsp3) is 0. The van der Waals surface area contributed by atoms with Crippen molar-refractivity contribution in [2.45, 2.75) is 0 Å². The molecular formula is C20H12Cl2N2O2. The van der Waals surface area contributed by atoms with Gasteiger partial charge < -0.3 is 9.73 Å². The van der Waals surface area contributed by atoms with Crippen molar-refractivity contribution >= 4 is 40.9 Å². The van der Waals surface area contributed by atoms with Crippen LogP contribution < -0.4 is 5.32 Å². The highest BCUT2D eigenvalue weighted by Gasteiger charge is 2.14. The summed E-state index contributed by atoms with van der Waals surface area (Å²) in [6, 6.07) is 19.7. The minimum atomic E-state index is -0.602. The Morgan fingerprint density at radius 1 is 1.04 bits per heavy atom. The Hall–Kier alpha value is -3.00. The van der Waals surface area contributed by atoms with Crippen molar-refractivity contribution in [2.24, 2.45) is 0 Å². The number of carbonyl (C=O) groups is 1. The number of carbonyl (C=O) groups excluding carboxylic acids is 1. The molecule has 3 aromatic rings. The summed E-state index contributed by atoms with van der Waals surface area (Å²) in [6.45, 7) is 0. The molecule has 26 heavy (non-hydrogen) atoms. The van der Waals surface area contributed by atoms with Crippen LogP contribution in [0.3, 0.4) is 0 Å². The van der Waals surface area contributed by atoms with Crippen molar-refractivity contribution in [2.75, 3.05) is 5.32 Å². The van der Waals surface area contributed by atoms with Crippen molar-refractivity contribution < 1.29 is 9.21 Å². The SMILES string of the molecule is N#C/C(=C\c1ccc(-c2ccccc2)o1)C(=O)Nc1cccc(Cl)c1Cl. The van der Waals surface area contributed by atoms with E-state index >= 15 is 0 Å². The number of hydrogen-bond acceptors (Lipinski definition) is 3. The van der Waals surface area contributed by atoms with Crippen LogP contribution in [0.1, 0.15) is 5.76 Å². The lowest BCUT2D eigenvalue weighted by Gasteiger charge is -2.07. The summed E-state index contributed by atoms with van der Waals surface area (Å²) in [7, 11) is 0. The maximum absolute atomic E-state index is 12.3. The van der Waals surface area contributed by atoms with Crippen molar-refractivity contribution in [1.29, 1.82) is 5.26 Å². The van der Waals surface area contributed by atoms with Crippen LogP contribution in [0.25, 0.3) is 17.4 Å². The van der Waals surface area contributed by atoms with E-state index in [1.54, 1.807) is 30.3 Å². The van der Waals surface area contributed by atoms with E-state index in [-0.39, 0.29) is 10.6 Å². The van der Waals surface area contributed by atoms with Crippen LogP contribution >= 0.6 is 23.2 Å². The molecule has 0 saturated heterocycles. The minimum absolute atomic E-state index is 0.116. The second-order valence-corrected chi connectivity index (χ2v) is 6.08. The van der Waals surface area contributed by atoms with E-state index in [9.17, 15) is 10.1 Å². The van der Waals surface area contributed by atoms with Crippen molar-refractivity contribution in [1.82, 2.24) is 0 Å². The summed E-state index contributed by atoms with van der Waals surface area (Å²) in [5.41, 5.74) is 1.12. The highest BCUT2D eigenvalue weighted by molar-refractivity contribution is 6.44. The van der Waals surface area contributed by atoms with Gasteiger partial charge in [-0.2, -0.15) is 5.26 Å². The summed E-state index contributed by atoms with van der Waals surface area (Å²) in [5, 5.41) is 12.4. The van der Waals surface area contributed by atoms with Gasteiger partial charge in [-0.05, 0) is 24.3 Å². The number of rotatable bonds is 4. The van der Waals surface area contributed by atoms with Gasteiger partial charge in [-0.3, -0.25) is 4.79 Å². The molecule has 0 aliphatic carbocycles. The Balaban J connectivity index is 1.82. The second kappa shape index (κ2) is 7.92. The fourth-order valence-corrected chi connectivity index (χ4v) is 2.62. The molecule has 1 amide bonds. The third-order valence-electron chi connectivity index (χ3n) is 3.54. The number of amides is 1. The molecule has 2 aromatic carbocycles. The monoisotopic (exact) mass is 382 g/mol. The quantitative estimate of drug-likeness (QED) is 0.457. The first-order valence-electron chi connectivity index (χ1n) is 7.61. The predicted octanol–water partition coefficient (Wildman–Crippen LogP) is 5.80. The van der Waals surface area contributed by atoms with Crippen molar-refractivity contribution in [3.8, 4) is 17.4 Å². The third-order valence-corrected chi connectivity index (χ3v) is 4.36. The summed E-state index contributed by atoms with van der Waals surface area (Å²) < 4.78 is 5.69. The van der Waals surface area contributed by atoms with Gasteiger partial charge in [-0.15, -0.1) is 0 Å². The van der Waals surface area contributed by atoms with E-state index in [4.69, 9.17) is 27.6 Å². The standard InChI is InChI=1S/C20H12Cl2N2O2/c21-16-7-4-8-17(19(16)22)24-20(25)14(12-23)11-15-9-10-18(26-15)13-5-2-1-3-6-13/h1-11H,(H,24,25)/b14-11+. The molecule has 1 aromatic heterocycles. The minimum Gasteiger partial charge on any atom is -0.457 e. The summed E-state index contributed by atoms with van der Waals surface area (Å²) in [6.07, 6.45) is 1.38. The predicted molar refractivity (Wildman–Crippen MR) is 103 cm³/mol. The van der Waals surface area contributed by atoms with E-state index in [0.717, 1.165) is 5.56 Å². The van der Waals surface area contributed by atoms with Gasteiger partial charge in [0.05, 0.1) is 15.7 Å². The molecule has 1 N–H and O–H groups in total. The smallest absolute Gasteiger partial charge is 0.266 e. The van der Waals surface area contributed by atoms with Gasteiger partial charge in [0.1, 0.15) is 23.2 Å². The van der Waals surface area contributed by atoms with Crippen molar-refractivity contribution in [3.63, 3.8) is 0 Å². The molecule has 6 heteroatoms. The molecule has 0 bridgehead atoms. The molecule has 128 valence electrons. The maximum atomic E-state index is 12.3. The van der Waals surface area contributed by atoms with Gasteiger partial charge in [0, 0.05) is 11.6 Å². The Kier molecular flexibility index (Phi) is 5.43. The number of nitrogens with zero attached hydrogens (tertiary/aromatic N) is 1. The van der Waals surface area contributed by atoms with Crippen LogP contribution in [-0.4, -0.2) is 5.91 Å². The highest BCUT2D eigenvalue weighted by Crippen LogP contribution is 2.30. The molecule has 0 aliphatic rings. The van der Waals surface area contributed by atoms with E-state index in [2.05, 4.69) is 5.32 Å². The highest BCUT2D eigenvalue weighted by atomic mass is 35.5. The first-order chi connectivity index (χ1) is 12.6. The van der Waals surface area contributed by atoms with E-state index in [1.807, 2.05) is 36.4 Å². The molecule has 0 fully saturated rings. The number of benzene rings is 2. The van der Waals surface area contributed by atoms with Gasteiger partial charge in [-0.25, -0.2) is 0 Å². The Morgan fingerprint density at radius 3 is 2.54 bits per heavy atom. The molecule has 4 nitrogen and oxygen atoms in total. The molecule has 0 spiro atoms. The van der Waals surface area contributed by atoms with Crippen LogP contribution in [0.15, 0.2) is 70.7 Å². The van der Waals surface area contributed by atoms with E-state index in [1.165, 1.54) is 6.08 Å². The summed E-state index contributed by atoms with van der Waals surface area (Å²) in [5.74, 6) is 0.439. The number of anilines is 1. The largest absolute Gasteiger partial charge is 0.457 e. The first-order valence-corrected chi connectivity index (χ1v) is 8.36. The second-order valence-electron chi connectivity index (χ2n) is 5.29. The molecule has 0 radical (unpaired) electrons. The van der Waals surface area contributed by atoms with Crippen LogP contribution in [-0.2, 0) is 4.79 Å². The van der Waals surface area contributed by atoms with Gasteiger partial charge in [0.25, 0.3) is 5.91 Å². The molecule has 0 atom stereocenters. The molecule has 0 aliphatic heterocycles. The third kappa shape index (κ3) is 3.97. The van der Waals surface area contributed by atoms with Gasteiger partial charge in [0.2, 0.25) is 0 Å². The molecule has 3 rings (SSSR count). The Morgan fingerprint density at radius 2 is 1.81 bits per heavy atom. The van der Waals surface area contributed by atoms with Crippen LogP contribution in [0, 0.1) is 11.3 Å². The Bertz CT molecular complexity index is 1020. The lowest BCUT2D eigenvalue weighted by atomic mass is 10.2. The zero-order valence-corrected chi connectivity index (χ0v) is 14.9. The number of halogens is 2.